The van der Waals surface area contributed by atoms with Crippen LogP contribution in [-0.4, -0.2) is 33.7 Å². The highest BCUT2D eigenvalue weighted by atomic mass is 32.2. The van der Waals surface area contributed by atoms with E-state index in [1.54, 1.807) is 43.0 Å². The van der Waals surface area contributed by atoms with Crippen LogP contribution in [0.15, 0.2) is 76.4 Å². The Hall–Kier alpha value is -3.82. The number of likely N-dealkylation sites (N-methyl/N-ethyl adjacent to an activating group) is 1. The van der Waals surface area contributed by atoms with Crippen molar-refractivity contribution in [3.8, 4) is 5.75 Å². The second-order valence-corrected chi connectivity index (χ2v) is 11.1. The number of benzene rings is 3. The Morgan fingerprint density at radius 2 is 1.81 bits per heavy atom. The van der Waals surface area contributed by atoms with Crippen LogP contribution in [-0.2, 0) is 23.6 Å². The number of pyridine rings is 1. The highest BCUT2D eigenvalue weighted by Crippen LogP contribution is 2.39. The van der Waals surface area contributed by atoms with Crippen molar-refractivity contribution in [2.45, 2.75) is 24.4 Å². The van der Waals surface area contributed by atoms with Crippen molar-refractivity contribution in [1.82, 2.24) is 9.29 Å². The van der Waals surface area contributed by atoms with Gasteiger partial charge in [-0.15, -0.1) is 0 Å². The van der Waals surface area contributed by atoms with Gasteiger partial charge in [-0.05, 0) is 60.5 Å². The van der Waals surface area contributed by atoms with Crippen LogP contribution in [0.3, 0.4) is 0 Å². The molecule has 2 heterocycles. The molecule has 0 bridgehead atoms. The van der Waals surface area contributed by atoms with Crippen LogP contribution >= 0.6 is 0 Å². The maximum Gasteiger partial charge on any atom is 0.253 e. The first-order chi connectivity index (χ1) is 17.7. The molecular weight excluding hydrogens is 488 g/mol. The fourth-order valence-corrected chi connectivity index (χ4v) is 5.97. The number of sulfonamides is 1. The number of ether oxygens (including phenoxy) is 1. The Labute approximate surface area is 216 Å². The van der Waals surface area contributed by atoms with E-state index in [-0.39, 0.29) is 23.0 Å². The zero-order valence-corrected chi connectivity index (χ0v) is 22.1. The van der Waals surface area contributed by atoms with Crippen LogP contribution in [0.1, 0.15) is 22.7 Å². The van der Waals surface area contributed by atoms with Crippen molar-refractivity contribution in [2.75, 3.05) is 30.9 Å². The number of anilines is 2. The Morgan fingerprint density at radius 1 is 1.05 bits per heavy atom. The fourth-order valence-electron chi connectivity index (χ4n) is 4.93. The van der Waals surface area contributed by atoms with E-state index >= 15 is 0 Å². The minimum absolute atomic E-state index is 0.000502. The number of rotatable bonds is 6. The monoisotopic (exact) mass is 518 g/mol. The summed E-state index contributed by atoms with van der Waals surface area (Å²) in [5.74, 6) is 0.720. The quantitative estimate of drug-likeness (QED) is 0.402. The second-order valence-electron chi connectivity index (χ2n) is 9.33. The SMILES string of the molecule is COc1ccc(CNS(=O)(=O)c2ccc3c(c2)NCC(c2cccc4c2cc(C)c(=O)n4C)N3C)cc1. The summed E-state index contributed by atoms with van der Waals surface area (Å²) in [4.78, 5) is 14.8. The normalized spacial score (nSPS) is 15.4. The van der Waals surface area contributed by atoms with Gasteiger partial charge in [-0.2, -0.15) is 0 Å². The molecule has 192 valence electrons. The Bertz CT molecular complexity index is 1650. The first kappa shape index (κ1) is 24.9. The van der Waals surface area contributed by atoms with Gasteiger partial charge < -0.3 is 19.5 Å². The number of nitrogens with zero attached hydrogens (tertiary/aromatic N) is 2. The molecular formula is C28H30N4O4S. The van der Waals surface area contributed by atoms with Crippen LogP contribution in [0.4, 0.5) is 11.4 Å². The molecule has 9 heteroatoms. The van der Waals surface area contributed by atoms with Gasteiger partial charge in [0.2, 0.25) is 10.0 Å². The lowest BCUT2D eigenvalue weighted by molar-refractivity contribution is 0.414. The number of hydrogen-bond donors (Lipinski definition) is 2. The van der Waals surface area contributed by atoms with Crippen molar-refractivity contribution in [1.29, 1.82) is 0 Å². The van der Waals surface area contributed by atoms with E-state index in [4.69, 9.17) is 4.74 Å². The number of methoxy groups -OCH3 is 1. The van der Waals surface area contributed by atoms with E-state index in [0.717, 1.165) is 39.2 Å². The van der Waals surface area contributed by atoms with Crippen LogP contribution < -0.4 is 25.2 Å². The Balaban J connectivity index is 1.41. The lowest BCUT2D eigenvalue weighted by atomic mass is 9.96. The van der Waals surface area contributed by atoms with E-state index in [9.17, 15) is 13.2 Å². The predicted molar refractivity (Wildman–Crippen MR) is 147 cm³/mol. The first-order valence-corrected chi connectivity index (χ1v) is 13.5. The number of nitrogens with one attached hydrogen (secondary N) is 2. The molecule has 0 spiro atoms. The minimum Gasteiger partial charge on any atom is -0.497 e. The van der Waals surface area contributed by atoms with Gasteiger partial charge in [0, 0.05) is 38.1 Å². The topological polar surface area (TPSA) is 92.7 Å². The number of fused-ring (bicyclic) bond motifs is 2. The predicted octanol–water partition coefficient (Wildman–Crippen LogP) is 3.94. The van der Waals surface area contributed by atoms with Crippen molar-refractivity contribution < 1.29 is 13.2 Å². The van der Waals surface area contributed by atoms with E-state index in [1.165, 1.54) is 0 Å². The van der Waals surface area contributed by atoms with Crippen molar-refractivity contribution in [3.63, 3.8) is 0 Å². The molecule has 0 amide bonds. The maximum absolute atomic E-state index is 13.0. The van der Waals surface area contributed by atoms with Gasteiger partial charge in [0.1, 0.15) is 5.75 Å². The van der Waals surface area contributed by atoms with Crippen LogP contribution in [0.25, 0.3) is 10.9 Å². The molecule has 1 atom stereocenters. The molecule has 37 heavy (non-hydrogen) atoms. The molecule has 4 aromatic rings. The highest BCUT2D eigenvalue weighted by molar-refractivity contribution is 7.89. The van der Waals surface area contributed by atoms with Gasteiger partial charge in [-0.25, -0.2) is 13.1 Å². The summed E-state index contributed by atoms with van der Waals surface area (Å²) in [5, 5.41) is 4.46. The van der Waals surface area contributed by atoms with Crippen molar-refractivity contribution in [2.24, 2.45) is 7.05 Å². The number of aromatic nitrogens is 1. The molecule has 0 saturated heterocycles. The largest absolute Gasteiger partial charge is 0.497 e. The average molecular weight is 519 g/mol. The molecule has 2 N–H and O–H groups in total. The van der Waals surface area contributed by atoms with E-state index in [2.05, 4.69) is 21.0 Å². The van der Waals surface area contributed by atoms with E-state index in [1.807, 2.05) is 50.4 Å². The molecule has 1 aliphatic rings. The molecule has 0 aliphatic carbocycles. The average Bonchev–Trinajstić information content (AvgIpc) is 2.91. The van der Waals surface area contributed by atoms with Crippen molar-refractivity contribution >= 4 is 32.3 Å². The zero-order chi connectivity index (χ0) is 26.3. The molecule has 0 saturated carbocycles. The smallest absolute Gasteiger partial charge is 0.253 e. The van der Waals surface area contributed by atoms with E-state index < -0.39 is 10.0 Å². The fraction of sp³-hybridized carbons (Fsp3) is 0.250. The third-order valence-corrected chi connectivity index (χ3v) is 8.48. The first-order valence-electron chi connectivity index (χ1n) is 12.0. The molecule has 1 aliphatic heterocycles. The maximum atomic E-state index is 13.0. The summed E-state index contributed by atoms with van der Waals surface area (Å²) in [6.07, 6.45) is 0. The van der Waals surface area contributed by atoms with Crippen molar-refractivity contribution in [3.05, 3.63) is 93.8 Å². The van der Waals surface area contributed by atoms with Crippen LogP contribution in [0.5, 0.6) is 5.75 Å². The van der Waals surface area contributed by atoms with Gasteiger partial charge in [0.05, 0.1) is 34.9 Å². The summed E-state index contributed by atoms with van der Waals surface area (Å²) in [5.41, 5.74) is 5.20. The second kappa shape index (κ2) is 9.57. The van der Waals surface area contributed by atoms with Gasteiger partial charge in [0.15, 0.2) is 0 Å². The number of aryl methyl sites for hydroxylation is 2. The summed E-state index contributed by atoms with van der Waals surface area (Å²) in [6.45, 7) is 2.61. The molecule has 0 fully saturated rings. The van der Waals surface area contributed by atoms with Gasteiger partial charge in [0.25, 0.3) is 5.56 Å². The highest BCUT2D eigenvalue weighted by Gasteiger charge is 2.28. The van der Waals surface area contributed by atoms with Crippen LogP contribution in [0.2, 0.25) is 0 Å². The standard InChI is InChI=1S/C28H30N4O4S/c1-18-14-23-22(6-5-7-25(23)32(3)28(18)33)27-17-29-24-15-21(12-13-26(24)31(27)2)37(34,35)30-16-19-8-10-20(36-4)11-9-19/h5-15,27,29-30H,16-17H2,1-4H3. The van der Waals surface area contributed by atoms with Gasteiger partial charge in [-0.3, -0.25) is 4.79 Å². The molecule has 3 aromatic carbocycles. The molecule has 1 unspecified atom stereocenters. The summed E-state index contributed by atoms with van der Waals surface area (Å²) < 4.78 is 35.6. The Morgan fingerprint density at radius 3 is 2.54 bits per heavy atom. The minimum atomic E-state index is -3.71. The lowest BCUT2D eigenvalue weighted by Crippen LogP contribution is -2.35. The molecule has 5 rings (SSSR count). The summed E-state index contributed by atoms with van der Waals surface area (Å²) in [7, 11) is 1.69. The molecule has 8 nitrogen and oxygen atoms in total. The van der Waals surface area contributed by atoms with Crippen LogP contribution in [0, 0.1) is 6.92 Å². The summed E-state index contributed by atoms with van der Waals surface area (Å²) >= 11 is 0. The third-order valence-electron chi connectivity index (χ3n) is 7.08. The van der Waals surface area contributed by atoms with Gasteiger partial charge in [-0.1, -0.05) is 24.3 Å². The zero-order valence-electron chi connectivity index (χ0n) is 21.3. The Kier molecular flexibility index (Phi) is 6.43. The third kappa shape index (κ3) is 4.56. The molecule has 0 radical (unpaired) electrons. The molecule has 1 aromatic heterocycles. The lowest BCUT2D eigenvalue weighted by Gasteiger charge is -2.37. The van der Waals surface area contributed by atoms with E-state index in [0.29, 0.717) is 12.1 Å². The van der Waals surface area contributed by atoms with Gasteiger partial charge >= 0.3 is 0 Å². The number of hydrogen-bond acceptors (Lipinski definition) is 6. The summed E-state index contributed by atoms with van der Waals surface area (Å²) in [6, 6.07) is 20.4.